The Kier molecular flexibility index (Phi) is 4.38. The van der Waals surface area contributed by atoms with E-state index in [-0.39, 0.29) is 17.7 Å². The second-order valence-corrected chi connectivity index (χ2v) is 5.66. The van der Waals surface area contributed by atoms with Crippen LogP contribution >= 0.6 is 0 Å². The van der Waals surface area contributed by atoms with Crippen molar-refractivity contribution in [2.75, 3.05) is 5.32 Å². The van der Waals surface area contributed by atoms with E-state index in [4.69, 9.17) is 9.84 Å². The van der Waals surface area contributed by atoms with Crippen LogP contribution in [-0.2, 0) is 14.3 Å². The molecule has 2 aromatic rings. The van der Waals surface area contributed by atoms with Crippen molar-refractivity contribution in [3.63, 3.8) is 0 Å². The molecule has 0 radical (unpaired) electrons. The van der Waals surface area contributed by atoms with Gasteiger partial charge >= 0.3 is 11.9 Å². The largest absolute Gasteiger partial charge is 0.507 e. The molecule has 7 heteroatoms. The predicted molar refractivity (Wildman–Crippen MR) is 87.1 cm³/mol. The maximum Gasteiger partial charge on any atom is 0.339 e. The smallest absolute Gasteiger partial charge is 0.339 e. The van der Waals surface area contributed by atoms with Crippen LogP contribution in [0.1, 0.15) is 28.4 Å². The lowest BCUT2D eigenvalue weighted by Crippen LogP contribution is -2.25. The van der Waals surface area contributed by atoms with Gasteiger partial charge in [-0.2, -0.15) is 0 Å². The van der Waals surface area contributed by atoms with Crippen LogP contribution in [0.3, 0.4) is 0 Å². The molecular weight excluding hydrogens is 326 g/mol. The van der Waals surface area contributed by atoms with Crippen LogP contribution in [0, 0.1) is 5.92 Å². The second kappa shape index (κ2) is 6.64. The fourth-order valence-corrected chi connectivity index (χ4v) is 2.76. The minimum Gasteiger partial charge on any atom is -0.507 e. The Morgan fingerprint density at radius 2 is 1.84 bits per heavy atom. The highest BCUT2D eigenvalue weighted by atomic mass is 16.6. The first kappa shape index (κ1) is 16.5. The van der Waals surface area contributed by atoms with E-state index in [0.29, 0.717) is 0 Å². The van der Waals surface area contributed by atoms with E-state index in [1.54, 1.807) is 24.3 Å². The second-order valence-electron chi connectivity index (χ2n) is 5.66. The van der Waals surface area contributed by atoms with Crippen LogP contribution in [0.2, 0.25) is 0 Å². The molecule has 1 amide bonds. The number of esters is 1. The number of ether oxygens (including phenoxy) is 1. The molecule has 1 aliphatic rings. The Balaban J connectivity index is 1.79. The fraction of sp³-hybridized carbons (Fsp3) is 0.167. The maximum absolute atomic E-state index is 12.5. The molecule has 0 spiro atoms. The summed E-state index contributed by atoms with van der Waals surface area (Å²) in [6.45, 7) is 0. The normalized spacial score (nSPS) is 19.3. The molecule has 2 aromatic carbocycles. The molecule has 1 aliphatic heterocycles. The highest BCUT2D eigenvalue weighted by Gasteiger charge is 2.40. The number of hydrogen-bond acceptors (Lipinski definition) is 5. The molecule has 0 bridgehead atoms. The first-order chi connectivity index (χ1) is 12.0. The molecule has 1 heterocycles. The van der Waals surface area contributed by atoms with Crippen molar-refractivity contribution < 1.29 is 29.3 Å². The lowest BCUT2D eigenvalue weighted by molar-refractivity contribution is -0.141. The summed E-state index contributed by atoms with van der Waals surface area (Å²) in [4.78, 5) is 35.1. The topological polar surface area (TPSA) is 113 Å². The molecule has 7 nitrogen and oxygen atoms in total. The third-order valence-corrected chi connectivity index (χ3v) is 3.97. The maximum atomic E-state index is 12.5. The van der Waals surface area contributed by atoms with Crippen molar-refractivity contribution in [2.24, 2.45) is 5.92 Å². The zero-order chi connectivity index (χ0) is 18.0. The summed E-state index contributed by atoms with van der Waals surface area (Å²) in [6.07, 6.45) is -0.731. The monoisotopic (exact) mass is 341 g/mol. The number of carbonyl (C=O) groups is 3. The van der Waals surface area contributed by atoms with Crippen molar-refractivity contribution >= 4 is 23.5 Å². The van der Waals surface area contributed by atoms with Gasteiger partial charge in [-0.05, 0) is 17.7 Å². The molecule has 3 rings (SSSR count). The van der Waals surface area contributed by atoms with Gasteiger partial charge in [0.2, 0.25) is 5.91 Å². The van der Waals surface area contributed by atoms with E-state index >= 15 is 0 Å². The Bertz CT molecular complexity index is 833. The zero-order valence-corrected chi connectivity index (χ0v) is 13.0. The van der Waals surface area contributed by atoms with Gasteiger partial charge < -0.3 is 20.3 Å². The number of carboxylic acids is 1. The molecule has 0 aromatic heterocycles. The number of phenols is 1. The predicted octanol–water partition coefficient (Wildman–Crippen LogP) is 2.33. The van der Waals surface area contributed by atoms with Gasteiger partial charge in [-0.15, -0.1) is 0 Å². The number of aromatic hydroxyl groups is 1. The Labute approximate surface area is 142 Å². The molecule has 1 fully saturated rings. The van der Waals surface area contributed by atoms with E-state index < -0.39 is 35.6 Å². The van der Waals surface area contributed by atoms with Gasteiger partial charge in [-0.25, -0.2) is 4.79 Å². The molecule has 2 atom stereocenters. The third-order valence-electron chi connectivity index (χ3n) is 3.97. The zero-order valence-electron chi connectivity index (χ0n) is 13.0. The third kappa shape index (κ3) is 3.45. The lowest BCUT2D eigenvalue weighted by atomic mass is 9.94. The quantitative estimate of drug-likeness (QED) is 0.736. The van der Waals surface area contributed by atoms with Gasteiger partial charge in [0.25, 0.3) is 0 Å². The number of benzene rings is 2. The summed E-state index contributed by atoms with van der Waals surface area (Å²) < 4.78 is 5.27. The minimum atomic E-state index is -1.27. The first-order valence-electron chi connectivity index (χ1n) is 7.57. The van der Waals surface area contributed by atoms with E-state index in [2.05, 4.69) is 5.32 Å². The van der Waals surface area contributed by atoms with Gasteiger partial charge in [-0.3, -0.25) is 9.59 Å². The van der Waals surface area contributed by atoms with Crippen LogP contribution in [0.4, 0.5) is 5.69 Å². The van der Waals surface area contributed by atoms with Crippen molar-refractivity contribution in [2.45, 2.75) is 12.5 Å². The van der Waals surface area contributed by atoms with Crippen LogP contribution < -0.4 is 5.32 Å². The number of amides is 1. The van der Waals surface area contributed by atoms with E-state index in [0.717, 1.165) is 11.6 Å². The summed E-state index contributed by atoms with van der Waals surface area (Å²) in [7, 11) is 0. The van der Waals surface area contributed by atoms with Gasteiger partial charge in [0.15, 0.2) is 0 Å². The van der Waals surface area contributed by atoms with Crippen molar-refractivity contribution in [3.8, 4) is 5.75 Å². The van der Waals surface area contributed by atoms with Gasteiger partial charge in [0.1, 0.15) is 17.4 Å². The Morgan fingerprint density at radius 1 is 1.12 bits per heavy atom. The average Bonchev–Trinajstić information content (AvgIpc) is 2.97. The minimum absolute atomic E-state index is 0.0510. The number of carboxylic acid groups (broad SMARTS) is 1. The molecule has 0 aliphatic carbocycles. The lowest BCUT2D eigenvalue weighted by Gasteiger charge is -2.17. The molecule has 0 saturated carbocycles. The van der Waals surface area contributed by atoms with Crippen LogP contribution in [-0.4, -0.2) is 28.1 Å². The van der Waals surface area contributed by atoms with Crippen molar-refractivity contribution in [1.29, 1.82) is 0 Å². The molecule has 128 valence electrons. The number of hydrogen-bond donors (Lipinski definition) is 3. The van der Waals surface area contributed by atoms with Gasteiger partial charge in [0, 0.05) is 11.8 Å². The van der Waals surface area contributed by atoms with Crippen LogP contribution in [0.25, 0.3) is 0 Å². The number of aromatic carboxylic acids is 1. The van der Waals surface area contributed by atoms with Gasteiger partial charge in [0.05, 0.1) is 12.3 Å². The molecule has 2 unspecified atom stereocenters. The highest BCUT2D eigenvalue weighted by molar-refractivity contribution is 5.97. The van der Waals surface area contributed by atoms with E-state index in [1.807, 2.05) is 6.07 Å². The van der Waals surface area contributed by atoms with Gasteiger partial charge in [-0.1, -0.05) is 30.3 Å². The number of anilines is 1. The molecule has 25 heavy (non-hydrogen) atoms. The summed E-state index contributed by atoms with van der Waals surface area (Å²) in [6, 6.07) is 12.7. The molecule has 3 N–H and O–H groups in total. The Morgan fingerprint density at radius 3 is 2.48 bits per heavy atom. The number of carbonyl (C=O) groups excluding carboxylic acids is 2. The SMILES string of the molecule is O=C1CC(C(=O)Nc2ccc(C(=O)O)c(O)c2)C(c2ccccc2)O1. The van der Waals surface area contributed by atoms with E-state index in [9.17, 15) is 19.5 Å². The van der Waals surface area contributed by atoms with Crippen molar-refractivity contribution in [1.82, 2.24) is 0 Å². The standard InChI is InChI=1S/C18H15NO6/c20-14-8-11(6-7-12(14)18(23)24)19-17(22)13-9-15(21)25-16(13)10-4-2-1-3-5-10/h1-8,13,16,20H,9H2,(H,19,22)(H,23,24). The summed E-state index contributed by atoms with van der Waals surface area (Å²) >= 11 is 0. The number of cyclic esters (lactones) is 1. The van der Waals surface area contributed by atoms with Crippen LogP contribution in [0.15, 0.2) is 48.5 Å². The summed E-state index contributed by atoms with van der Waals surface area (Å²) in [5.41, 5.74) is 0.691. The average molecular weight is 341 g/mol. The number of rotatable bonds is 4. The molecule has 1 saturated heterocycles. The van der Waals surface area contributed by atoms with Crippen LogP contribution in [0.5, 0.6) is 5.75 Å². The number of nitrogens with one attached hydrogen (secondary N) is 1. The molecular formula is C18H15NO6. The summed E-state index contributed by atoms with van der Waals surface area (Å²) in [5, 5.41) is 21.2. The summed E-state index contributed by atoms with van der Waals surface area (Å²) in [5.74, 6) is -3.34. The highest BCUT2D eigenvalue weighted by Crippen LogP contribution is 2.36. The van der Waals surface area contributed by atoms with Crippen molar-refractivity contribution in [3.05, 3.63) is 59.7 Å². The Hall–Kier alpha value is -3.35. The van der Waals surface area contributed by atoms with E-state index in [1.165, 1.54) is 12.1 Å². The first-order valence-corrected chi connectivity index (χ1v) is 7.57. The fourth-order valence-electron chi connectivity index (χ4n) is 2.76.